The van der Waals surface area contributed by atoms with Gasteiger partial charge < -0.3 is 25.1 Å². The number of nitrogens with one attached hydrogen (secondary N) is 1. The number of nitrogen functional groups attached to an aromatic ring is 1. The molecule has 182 valence electrons. The Labute approximate surface area is 208 Å². The fraction of sp³-hybridized carbons (Fsp3) is 0.179. The molecule has 5 aromatic rings. The predicted molar refractivity (Wildman–Crippen MR) is 140 cm³/mol. The molecule has 0 bridgehead atoms. The van der Waals surface area contributed by atoms with Gasteiger partial charge in [0.1, 0.15) is 11.5 Å². The molecule has 2 heterocycles. The number of aryl methyl sites for hydroxylation is 2. The van der Waals surface area contributed by atoms with Crippen molar-refractivity contribution in [2.75, 3.05) is 20.0 Å². The summed E-state index contributed by atoms with van der Waals surface area (Å²) in [5, 5.41) is 4.59. The van der Waals surface area contributed by atoms with Crippen LogP contribution in [0.25, 0.3) is 21.9 Å². The average molecular weight is 482 g/mol. The molecule has 3 aromatic carbocycles. The first-order chi connectivity index (χ1) is 17.6. The zero-order chi connectivity index (χ0) is 25.1. The minimum atomic E-state index is -0.371. The summed E-state index contributed by atoms with van der Waals surface area (Å²) in [7, 11) is 3.24. The fourth-order valence-corrected chi connectivity index (χ4v) is 4.42. The number of methoxy groups -OCH3 is 2. The molecule has 8 nitrogen and oxygen atoms in total. The van der Waals surface area contributed by atoms with Crippen molar-refractivity contribution >= 4 is 33.7 Å². The van der Waals surface area contributed by atoms with E-state index in [0.717, 1.165) is 27.4 Å². The minimum Gasteiger partial charge on any atom is -0.493 e. The van der Waals surface area contributed by atoms with Gasteiger partial charge >= 0.3 is 0 Å². The van der Waals surface area contributed by atoms with Crippen molar-refractivity contribution in [3.8, 4) is 11.5 Å². The summed E-state index contributed by atoms with van der Waals surface area (Å²) in [4.78, 5) is 21.9. The highest BCUT2D eigenvalue weighted by molar-refractivity contribution is 6.12. The standard InChI is InChI=1S/C28H27N5O3/c1-35-22-13-12-18(16-23(22)36-2)14-15-33-21-11-7-6-10-20(21)24-25(29)31-26(32-27(24)33)28(34)30-17-19-8-4-3-5-9-19/h3-13,16H,14-15,17H2,1-2H3,(H,30,34)(H2,29,31,32). The number of nitrogens with zero attached hydrogens (tertiary/aromatic N) is 3. The molecule has 5 rings (SSSR count). The zero-order valence-electron chi connectivity index (χ0n) is 20.2. The number of benzene rings is 3. The second-order valence-corrected chi connectivity index (χ2v) is 8.41. The monoisotopic (exact) mass is 481 g/mol. The molecule has 0 aliphatic heterocycles. The fourth-order valence-electron chi connectivity index (χ4n) is 4.42. The van der Waals surface area contributed by atoms with Crippen molar-refractivity contribution in [1.82, 2.24) is 19.9 Å². The quantitative estimate of drug-likeness (QED) is 0.341. The highest BCUT2D eigenvalue weighted by atomic mass is 16.5. The van der Waals surface area contributed by atoms with E-state index in [0.29, 0.717) is 36.7 Å². The topological polar surface area (TPSA) is 104 Å². The molecule has 0 aliphatic rings. The maximum absolute atomic E-state index is 12.9. The number of hydrogen-bond donors (Lipinski definition) is 2. The maximum Gasteiger partial charge on any atom is 0.289 e. The van der Waals surface area contributed by atoms with Crippen molar-refractivity contribution < 1.29 is 14.3 Å². The van der Waals surface area contributed by atoms with E-state index in [1.807, 2.05) is 72.8 Å². The zero-order valence-corrected chi connectivity index (χ0v) is 20.2. The summed E-state index contributed by atoms with van der Waals surface area (Å²) in [6, 6.07) is 23.5. The van der Waals surface area contributed by atoms with Gasteiger partial charge in [-0.1, -0.05) is 54.6 Å². The summed E-state index contributed by atoms with van der Waals surface area (Å²) >= 11 is 0. The van der Waals surface area contributed by atoms with Crippen LogP contribution in [0.1, 0.15) is 21.7 Å². The summed E-state index contributed by atoms with van der Waals surface area (Å²) < 4.78 is 12.9. The van der Waals surface area contributed by atoms with Gasteiger partial charge in [-0.25, -0.2) is 9.97 Å². The predicted octanol–water partition coefficient (Wildman–Crippen LogP) is 4.36. The molecule has 8 heteroatoms. The first-order valence-corrected chi connectivity index (χ1v) is 11.7. The lowest BCUT2D eigenvalue weighted by Crippen LogP contribution is -2.25. The molecule has 0 saturated heterocycles. The third kappa shape index (κ3) is 4.40. The number of anilines is 1. The smallest absolute Gasteiger partial charge is 0.289 e. The third-order valence-corrected chi connectivity index (χ3v) is 6.21. The average Bonchev–Trinajstić information content (AvgIpc) is 3.24. The Balaban J connectivity index is 1.50. The normalized spacial score (nSPS) is 11.1. The van der Waals surface area contributed by atoms with Crippen LogP contribution in [-0.2, 0) is 19.5 Å². The van der Waals surface area contributed by atoms with Gasteiger partial charge in [0.05, 0.1) is 25.1 Å². The Hall–Kier alpha value is -4.59. The number of nitrogens with two attached hydrogens (primary N) is 1. The number of ether oxygens (including phenoxy) is 2. The lowest BCUT2D eigenvalue weighted by Gasteiger charge is -2.11. The van der Waals surface area contributed by atoms with Crippen LogP contribution in [0.4, 0.5) is 5.82 Å². The number of carbonyl (C=O) groups excluding carboxylic acids is 1. The minimum absolute atomic E-state index is 0.0473. The molecule has 1 amide bonds. The molecule has 0 fully saturated rings. The van der Waals surface area contributed by atoms with Gasteiger partial charge in [0.25, 0.3) is 5.91 Å². The summed E-state index contributed by atoms with van der Waals surface area (Å²) in [6.07, 6.45) is 0.716. The van der Waals surface area contributed by atoms with Gasteiger partial charge in [0, 0.05) is 18.5 Å². The van der Waals surface area contributed by atoms with Gasteiger partial charge in [-0.2, -0.15) is 0 Å². The summed E-state index contributed by atoms with van der Waals surface area (Å²) in [5.41, 5.74) is 10.1. The molecule has 0 saturated carbocycles. The molecule has 0 radical (unpaired) electrons. The molecule has 0 spiro atoms. The Kier molecular flexibility index (Phi) is 6.40. The van der Waals surface area contributed by atoms with E-state index < -0.39 is 0 Å². The van der Waals surface area contributed by atoms with Crippen molar-refractivity contribution in [1.29, 1.82) is 0 Å². The van der Waals surface area contributed by atoms with Crippen molar-refractivity contribution in [2.24, 2.45) is 0 Å². The van der Waals surface area contributed by atoms with E-state index in [4.69, 9.17) is 15.2 Å². The Morgan fingerprint density at radius 2 is 1.67 bits per heavy atom. The molecule has 0 atom stereocenters. The van der Waals surface area contributed by atoms with Crippen molar-refractivity contribution in [2.45, 2.75) is 19.5 Å². The first kappa shape index (κ1) is 23.2. The number of rotatable bonds is 8. The second-order valence-electron chi connectivity index (χ2n) is 8.41. The number of aromatic nitrogens is 3. The lowest BCUT2D eigenvalue weighted by molar-refractivity contribution is 0.0941. The van der Waals surface area contributed by atoms with E-state index in [9.17, 15) is 4.79 Å². The third-order valence-electron chi connectivity index (χ3n) is 6.21. The SMILES string of the molecule is COc1ccc(CCn2c3ccccc3c3c(N)nc(C(=O)NCc4ccccc4)nc32)cc1OC. The Morgan fingerprint density at radius 1 is 0.917 bits per heavy atom. The molecule has 36 heavy (non-hydrogen) atoms. The Morgan fingerprint density at radius 3 is 2.44 bits per heavy atom. The largest absolute Gasteiger partial charge is 0.493 e. The van der Waals surface area contributed by atoms with Crippen molar-refractivity contribution in [3.63, 3.8) is 0 Å². The van der Waals surface area contributed by atoms with Crippen LogP contribution < -0.4 is 20.5 Å². The molecular weight excluding hydrogens is 454 g/mol. The summed E-state index contributed by atoms with van der Waals surface area (Å²) in [5.74, 6) is 1.33. The van der Waals surface area contributed by atoms with Crippen LogP contribution >= 0.6 is 0 Å². The van der Waals surface area contributed by atoms with Gasteiger partial charge in [0.2, 0.25) is 5.82 Å². The van der Waals surface area contributed by atoms with Gasteiger partial charge in [-0.15, -0.1) is 0 Å². The van der Waals surface area contributed by atoms with E-state index >= 15 is 0 Å². The van der Waals surface area contributed by atoms with Crippen molar-refractivity contribution in [3.05, 3.63) is 89.7 Å². The van der Waals surface area contributed by atoms with Crippen LogP contribution in [-0.4, -0.2) is 34.7 Å². The van der Waals surface area contributed by atoms with Gasteiger partial charge in [0.15, 0.2) is 11.5 Å². The highest BCUT2D eigenvalue weighted by Crippen LogP contribution is 2.32. The highest BCUT2D eigenvalue weighted by Gasteiger charge is 2.19. The van der Waals surface area contributed by atoms with Gasteiger partial charge in [-0.3, -0.25) is 4.79 Å². The molecule has 0 aliphatic carbocycles. The van der Waals surface area contributed by atoms with Crippen LogP contribution in [0.2, 0.25) is 0 Å². The first-order valence-electron chi connectivity index (χ1n) is 11.7. The number of para-hydroxylation sites is 1. The number of amides is 1. The number of fused-ring (bicyclic) bond motifs is 3. The van der Waals surface area contributed by atoms with E-state index in [1.165, 1.54) is 0 Å². The molecule has 0 unspecified atom stereocenters. The maximum atomic E-state index is 12.9. The lowest BCUT2D eigenvalue weighted by atomic mass is 10.1. The van der Waals surface area contributed by atoms with Gasteiger partial charge in [-0.05, 0) is 35.7 Å². The molecule has 3 N–H and O–H groups in total. The van der Waals surface area contributed by atoms with Crippen LogP contribution in [0.5, 0.6) is 11.5 Å². The Bertz CT molecular complexity index is 1550. The van der Waals surface area contributed by atoms with Crippen LogP contribution in [0.15, 0.2) is 72.8 Å². The van der Waals surface area contributed by atoms with E-state index in [2.05, 4.69) is 19.9 Å². The second kappa shape index (κ2) is 9.95. The molecular formula is C28H27N5O3. The summed E-state index contributed by atoms with van der Waals surface area (Å²) in [6.45, 7) is 1.00. The van der Waals surface area contributed by atoms with E-state index in [1.54, 1.807) is 14.2 Å². The van der Waals surface area contributed by atoms with Crippen LogP contribution in [0, 0.1) is 0 Å². The van der Waals surface area contributed by atoms with E-state index in [-0.39, 0.29) is 17.5 Å². The number of hydrogen-bond acceptors (Lipinski definition) is 6. The number of carbonyl (C=O) groups is 1. The molecule has 2 aromatic heterocycles. The van der Waals surface area contributed by atoms with Crippen LogP contribution in [0.3, 0.4) is 0 Å².